The normalized spacial score (nSPS) is 15.3. The van der Waals surface area contributed by atoms with Crippen LogP contribution in [0.25, 0.3) is 101 Å². The zero-order valence-electron chi connectivity index (χ0n) is 30.3. The predicted molar refractivity (Wildman–Crippen MR) is 224 cm³/mol. The molecule has 0 amide bonds. The molecular formula is C50H35N3O2. The molecule has 2 aliphatic carbocycles. The van der Waals surface area contributed by atoms with Gasteiger partial charge in [0.05, 0.1) is 0 Å². The zero-order chi connectivity index (χ0) is 36.5. The van der Waals surface area contributed by atoms with Crippen LogP contribution in [-0.2, 0) is 6.42 Å². The number of hydrogen-bond donors (Lipinski definition) is 0. The van der Waals surface area contributed by atoms with Gasteiger partial charge in [0.2, 0.25) is 0 Å². The molecule has 0 aliphatic heterocycles. The van der Waals surface area contributed by atoms with Gasteiger partial charge in [-0.1, -0.05) is 128 Å². The number of hydrogen-bond acceptors (Lipinski definition) is 5. The van der Waals surface area contributed by atoms with E-state index >= 15 is 0 Å². The Balaban J connectivity index is 1.05. The first-order valence-electron chi connectivity index (χ1n) is 19.0. The highest BCUT2D eigenvalue weighted by molar-refractivity contribution is 6.13. The number of aromatic nitrogens is 3. The summed E-state index contributed by atoms with van der Waals surface area (Å²) in [6, 6.07) is 42.4. The first kappa shape index (κ1) is 31.7. The average molecular weight is 710 g/mol. The molecule has 55 heavy (non-hydrogen) atoms. The SMILES string of the molecule is CC1C=C(c2nc(-c3ccc(-c4ccccc4)cc3)nc(-c3cccc4oc5ccc(-c6ccc7c(c6)oc6c8c(ccc67)CCC=C8)cc5c34)n2)C=CC1. The third kappa shape index (κ3) is 5.42. The van der Waals surface area contributed by atoms with Crippen molar-refractivity contribution in [3.63, 3.8) is 0 Å². The molecule has 0 saturated heterocycles. The van der Waals surface area contributed by atoms with Crippen molar-refractivity contribution in [3.05, 3.63) is 163 Å². The first-order valence-corrected chi connectivity index (χ1v) is 19.0. The second kappa shape index (κ2) is 12.6. The third-order valence-corrected chi connectivity index (χ3v) is 11.1. The maximum atomic E-state index is 6.58. The van der Waals surface area contributed by atoms with Crippen molar-refractivity contribution in [1.82, 2.24) is 15.0 Å². The van der Waals surface area contributed by atoms with Crippen LogP contribution in [0.2, 0.25) is 0 Å². The summed E-state index contributed by atoms with van der Waals surface area (Å²) in [6.45, 7) is 2.22. The van der Waals surface area contributed by atoms with E-state index in [-0.39, 0.29) is 0 Å². The quantitative estimate of drug-likeness (QED) is 0.178. The van der Waals surface area contributed by atoms with Crippen LogP contribution in [-0.4, -0.2) is 15.0 Å². The second-order valence-corrected chi connectivity index (χ2v) is 14.7. The van der Waals surface area contributed by atoms with Gasteiger partial charge in [0.25, 0.3) is 0 Å². The van der Waals surface area contributed by atoms with Gasteiger partial charge in [-0.3, -0.25) is 0 Å². The molecule has 0 spiro atoms. The monoisotopic (exact) mass is 709 g/mol. The molecule has 6 aromatic carbocycles. The molecule has 0 bridgehead atoms. The molecule has 5 heteroatoms. The minimum absolute atomic E-state index is 0.398. The highest BCUT2D eigenvalue weighted by Crippen LogP contribution is 2.41. The number of allylic oxidation sites excluding steroid dienone is 5. The third-order valence-electron chi connectivity index (χ3n) is 11.1. The van der Waals surface area contributed by atoms with Gasteiger partial charge in [0, 0.05) is 43.8 Å². The van der Waals surface area contributed by atoms with Crippen molar-refractivity contribution in [3.8, 4) is 45.0 Å². The molecule has 1 atom stereocenters. The van der Waals surface area contributed by atoms with Crippen molar-refractivity contribution in [2.24, 2.45) is 5.92 Å². The van der Waals surface area contributed by atoms with E-state index in [0.717, 1.165) is 96.5 Å². The number of fused-ring (bicyclic) bond motifs is 8. The smallest absolute Gasteiger partial charge is 0.164 e. The van der Waals surface area contributed by atoms with E-state index in [1.54, 1.807) is 0 Å². The Kier molecular flexibility index (Phi) is 7.27. The van der Waals surface area contributed by atoms with Crippen LogP contribution in [0.3, 0.4) is 0 Å². The van der Waals surface area contributed by atoms with Gasteiger partial charge >= 0.3 is 0 Å². The van der Waals surface area contributed by atoms with Gasteiger partial charge in [0.15, 0.2) is 17.5 Å². The molecule has 5 nitrogen and oxygen atoms in total. The lowest BCUT2D eigenvalue weighted by atomic mass is 9.95. The maximum Gasteiger partial charge on any atom is 0.164 e. The van der Waals surface area contributed by atoms with Gasteiger partial charge in [-0.25, -0.2) is 15.0 Å². The summed E-state index contributed by atoms with van der Waals surface area (Å²) < 4.78 is 13.1. The predicted octanol–water partition coefficient (Wildman–Crippen LogP) is 13.3. The Morgan fingerprint density at radius 3 is 2.20 bits per heavy atom. The lowest BCUT2D eigenvalue weighted by molar-refractivity contribution is 0.667. The number of benzene rings is 6. The molecule has 1 unspecified atom stereocenters. The number of aryl methyl sites for hydroxylation is 1. The summed E-state index contributed by atoms with van der Waals surface area (Å²) >= 11 is 0. The molecule has 0 radical (unpaired) electrons. The van der Waals surface area contributed by atoms with Crippen LogP contribution in [0, 0.1) is 5.92 Å². The molecule has 11 rings (SSSR count). The van der Waals surface area contributed by atoms with E-state index in [0.29, 0.717) is 23.4 Å². The molecule has 2 aliphatic rings. The summed E-state index contributed by atoms with van der Waals surface area (Å²) in [5, 5.41) is 4.27. The van der Waals surface area contributed by atoms with Gasteiger partial charge in [-0.05, 0) is 83.3 Å². The van der Waals surface area contributed by atoms with Crippen LogP contribution in [0.5, 0.6) is 0 Å². The molecule has 0 saturated carbocycles. The molecule has 0 N–H and O–H groups in total. The molecule has 3 aromatic heterocycles. The zero-order valence-corrected chi connectivity index (χ0v) is 30.3. The number of nitrogens with zero attached hydrogens (tertiary/aromatic N) is 3. The summed E-state index contributed by atoms with van der Waals surface area (Å²) in [7, 11) is 0. The lowest BCUT2D eigenvalue weighted by Crippen LogP contribution is -2.04. The molecule has 262 valence electrons. The van der Waals surface area contributed by atoms with Crippen molar-refractivity contribution in [1.29, 1.82) is 0 Å². The minimum Gasteiger partial charge on any atom is -0.456 e. The van der Waals surface area contributed by atoms with Gasteiger partial charge in [-0.2, -0.15) is 0 Å². The van der Waals surface area contributed by atoms with E-state index in [4.69, 9.17) is 23.8 Å². The minimum atomic E-state index is 0.398. The van der Waals surface area contributed by atoms with Crippen LogP contribution >= 0.6 is 0 Å². The molecule has 0 fully saturated rings. The Morgan fingerprint density at radius 2 is 1.31 bits per heavy atom. The summed E-state index contributed by atoms with van der Waals surface area (Å²) in [5.41, 5.74) is 13.3. The van der Waals surface area contributed by atoms with E-state index in [9.17, 15) is 0 Å². The summed E-state index contributed by atoms with van der Waals surface area (Å²) in [4.78, 5) is 15.4. The maximum absolute atomic E-state index is 6.58. The van der Waals surface area contributed by atoms with Gasteiger partial charge in [-0.15, -0.1) is 0 Å². The Labute approximate surface area is 318 Å². The topological polar surface area (TPSA) is 65.0 Å². The van der Waals surface area contributed by atoms with E-state index < -0.39 is 0 Å². The van der Waals surface area contributed by atoms with Crippen molar-refractivity contribution in [2.45, 2.75) is 26.2 Å². The highest BCUT2D eigenvalue weighted by Gasteiger charge is 2.20. The number of rotatable bonds is 5. The molecule has 3 heterocycles. The van der Waals surface area contributed by atoms with E-state index in [2.05, 4.69) is 140 Å². The van der Waals surface area contributed by atoms with Crippen molar-refractivity contribution in [2.75, 3.05) is 0 Å². The van der Waals surface area contributed by atoms with E-state index in [1.165, 1.54) is 16.7 Å². The van der Waals surface area contributed by atoms with Crippen molar-refractivity contribution >= 4 is 55.5 Å². The van der Waals surface area contributed by atoms with Crippen LogP contribution in [0.15, 0.2) is 154 Å². The highest BCUT2D eigenvalue weighted by atomic mass is 16.3. The Morgan fingerprint density at radius 1 is 0.545 bits per heavy atom. The first-order chi connectivity index (χ1) is 27.1. The largest absolute Gasteiger partial charge is 0.456 e. The van der Waals surface area contributed by atoms with Gasteiger partial charge < -0.3 is 8.83 Å². The second-order valence-electron chi connectivity index (χ2n) is 14.7. The van der Waals surface area contributed by atoms with Gasteiger partial charge in [0.1, 0.15) is 22.3 Å². The summed E-state index contributed by atoms with van der Waals surface area (Å²) in [5.74, 6) is 2.30. The summed E-state index contributed by atoms with van der Waals surface area (Å²) in [6.07, 6.45) is 14.2. The van der Waals surface area contributed by atoms with Crippen LogP contribution in [0.4, 0.5) is 0 Å². The Hall–Kier alpha value is -6.85. The lowest BCUT2D eigenvalue weighted by Gasteiger charge is -2.14. The fourth-order valence-electron chi connectivity index (χ4n) is 8.30. The average Bonchev–Trinajstić information content (AvgIpc) is 3.82. The van der Waals surface area contributed by atoms with Crippen LogP contribution in [0.1, 0.15) is 36.7 Å². The fraction of sp³-hybridized carbons (Fsp3) is 0.100. The number of furan rings is 2. The van der Waals surface area contributed by atoms with Crippen molar-refractivity contribution < 1.29 is 8.83 Å². The fourth-order valence-corrected chi connectivity index (χ4v) is 8.30. The standard InChI is InChI=1S/C50H35N3O2/c1-30-9-7-13-37(27-30)49-51-48(34-19-17-32(18-20-34)31-10-3-2-4-11-31)52-50(53-49)41-15-8-16-44-46(41)42-28-35(23-26-43(42)54-44)36-22-24-39-40-25-21-33-12-5-6-14-38(33)47(40)55-45(39)29-36/h2-4,6-8,10-11,13-30H,5,9,12H2,1H3. The Bertz CT molecular complexity index is 3070. The molecular weight excluding hydrogens is 675 g/mol. The molecule has 9 aromatic rings. The van der Waals surface area contributed by atoms with E-state index in [1.807, 2.05) is 18.2 Å². The van der Waals surface area contributed by atoms with Crippen LogP contribution < -0.4 is 0 Å².